The van der Waals surface area contributed by atoms with Gasteiger partial charge in [0.05, 0.1) is 15.9 Å². The van der Waals surface area contributed by atoms with Gasteiger partial charge in [-0.3, -0.25) is 9.69 Å². The summed E-state index contributed by atoms with van der Waals surface area (Å²) in [7, 11) is 4.07. The van der Waals surface area contributed by atoms with Crippen LogP contribution in [-0.4, -0.2) is 52.6 Å². The van der Waals surface area contributed by atoms with Crippen LogP contribution in [0.5, 0.6) is 0 Å². The van der Waals surface area contributed by atoms with Crippen molar-refractivity contribution >= 4 is 44.1 Å². The van der Waals surface area contributed by atoms with Crippen LogP contribution in [0, 0.1) is 20.8 Å². The molecule has 138 valence electrons. The Morgan fingerprint density at radius 2 is 1.92 bits per heavy atom. The van der Waals surface area contributed by atoms with Gasteiger partial charge in [-0.1, -0.05) is 21.9 Å². The summed E-state index contributed by atoms with van der Waals surface area (Å²) in [5.74, 6) is -0.0651. The van der Waals surface area contributed by atoms with E-state index in [4.69, 9.17) is 4.98 Å². The highest BCUT2D eigenvalue weighted by Crippen LogP contribution is 2.33. The lowest BCUT2D eigenvalue weighted by Gasteiger charge is -2.20. The van der Waals surface area contributed by atoms with E-state index in [1.54, 1.807) is 16.2 Å². The van der Waals surface area contributed by atoms with Gasteiger partial charge in [-0.25, -0.2) is 4.98 Å². The van der Waals surface area contributed by atoms with Crippen molar-refractivity contribution in [1.82, 2.24) is 19.5 Å². The summed E-state index contributed by atoms with van der Waals surface area (Å²) in [6.07, 6.45) is 0.873. The van der Waals surface area contributed by atoms with Gasteiger partial charge in [0.1, 0.15) is 4.88 Å². The number of thiazole rings is 1. The Hall–Kier alpha value is -1.90. The number of fused-ring (bicyclic) bond motifs is 1. The van der Waals surface area contributed by atoms with Crippen molar-refractivity contribution in [2.24, 2.45) is 0 Å². The molecule has 6 nitrogen and oxygen atoms in total. The highest BCUT2D eigenvalue weighted by molar-refractivity contribution is 7.22. The van der Waals surface area contributed by atoms with Crippen LogP contribution in [0.25, 0.3) is 10.2 Å². The Morgan fingerprint density at radius 1 is 1.15 bits per heavy atom. The van der Waals surface area contributed by atoms with Crippen molar-refractivity contribution in [3.8, 4) is 0 Å². The number of rotatable bonds is 6. The van der Waals surface area contributed by atoms with Crippen molar-refractivity contribution in [2.45, 2.75) is 27.2 Å². The van der Waals surface area contributed by atoms with Gasteiger partial charge in [-0.15, -0.1) is 5.10 Å². The smallest absolute Gasteiger partial charge is 0.273 e. The van der Waals surface area contributed by atoms with Crippen molar-refractivity contribution in [1.29, 1.82) is 0 Å². The molecule has 0 aliphatic heterocycles. The van der Waals surface area contributed by atoms with E-state index in [2.05, 4.69) is 40.5 Å². The fourth-order valence-corrected chi connectivity index (χ4v) is 4.36. The molecular weight excluding hydrogens is 366 g/mol. The minimum absolute atomic E-state index is 0.0651. The van der Waals surface area contributed by atoms with E-state index < -0.39 is 0 Å². The minimum Gasteiger partial charge on any atom is -0.309 e. The number of amides is 1. The first-order valence-corrected chi connectivity index (χ1v) is 10.1. The maximum absolute atomic E-state index is 13.1. The molecule has 3 rings (SSSR count). The molecule has 2 aromatic heterocycles. The second kappa shape index (κ2) is 7.77. The summed E-state index contributed by atoms with van der Waals surface area (Å²) in [6, 6.07) is 4.19. The lowest BCUT2D eigenvalue weighted by atomic mass is 10.1. The van der Waals surface area contributed by atoms with Gasteiger partial charge in [0.2, 0.25) is 0 Å². The average Bonchev–Trinajstić information content (AvgIpc) is 3.21. The number of aromatic nitrogens is 3. The van der Waals surface area contributed by atoms with Gasteiger partial charge in [-0.05, 0) is 76.6 Å². The average molecular weight is 390 g/mol. The minimum atomic E-state index is -0.0651. The molecule has 0 aliphatic rings. The molecular formula is C18H23N5OS2. The van der Waals surface area contributed by atoms with E-state index in [9.17, 15) is 4.79 Å². The molecule has 0 fully saturated rings. The zero-order chi connectivity index (χ0) is 18.8. The predicted octanol–water partition coefficient (Wildman–Crippen LogP) is 3.67. The first-order chi connectivity index (χ1) is 12.4. The quantitative estimate of drug-likeness (QED) is 0.644. The van der Waals surface area contributed by atoms with Gasteiger partial charge in [0, 0.05) is 6.54 Å². The molecule has 1 amide bonds. The van der Waals surface area contributed by atoms with Crippen LogP contribution < -0.4 is 4.90 Å². The number of aryl methyl sites for hydroxylation is 3. The van der Waals surface area contributed by atoms with Crippen LogP contribution >= 0.6 is 22.9 Å². The van der Waals surface area contributed by atoms with Crippen molar-refractivity contribution in [3.05, 3.63) is 33.8 Å². The second-order valence-electron chi connectivity index (χ2n) is 6.65. The molecule has 1 aromatic carbocycles. The van der Waals surface area contributed by atoms with Gasteiger partial charge >= 0.3 is 0 Å². The van der Waals surface area contributed by atoms with Crippen LogP contribution in [0.3, 0.4) is 0 Å². The topological polar surface area (TPSA) is 62.2 Å². The zero-order valence-electron chi connectivity index (χ0n) is 15.7. The predicted molar refractivity (Wildman–Crippen MR) is 109 cm³/mol. The number of hydrogen-bond acceptors (Lipinski definition) is 7. The van der Waals surface area contributed by atoms with E-state index >= 15 is 0 Å². The Labute approximate surface area is 161 Å². The molecule has 0 spiro atoms. The molecule has 0 saturated carbocycles. The molecule has 3 aromatic rings. The molecule has 0 radical (unpaired) electrons. The van der Waals surface area contributed by atoms with Crippen molar-refractivity contribution < 1.29 is 4.79 Å². The fourth-order valence-electron chi connectivity index (χ4n) is 2.71. The highest BCUT2D eigenvalue weighted by atomic mass is 32.1. The Morgan fingerprint density at radius 3 is 2.58 bits per heavy atom. The molecule has 0 atom stereocenters. The number of carbonyl (C=O) groups is 1. The lowest BCUT2D eigenvalue weighted by Crippen LogP contribution is -2.33. The Balaban J connectivity index is 1.98. The fraction of sp³-hybridized carbons (Fsp3) is 0.444. The standard InChI is InChI=1S/C18H23N5OS2/c1-11-7-8-14-15(12(11)2)19-18(25-14)23(10-6-9-22(4)5)17(24)16-13(3)20-21-26-16/h7-8H,6,9-10H2,1-5H3. The van der Waals surface area contributed by atoms with Crippen LogP contribution in [0.1, 0.15) is 32.9 Å². The number of benzene rings is 1. The van der Waals surface area contributed by atoms with Gasteiger partial charge in [0.25, 0.3) is 5.91 Å². The third kappa shape index (κ3) is 3.77. The van der Waals surface area contributed by atoms with E-state index in [-0.39, 0.29) is 5.91 Å². The summed E-state index contributed by atoms with van der Waals surface area (Å²) in [4.78, 5) is 22.4. The van der Waals surface area contributed by atoms with Crippen molar-refractivity contribution in [3.63, 3.8) is 0 Å². The molecule has 0 N–H and O–H groups in total. The van der Waals surface area contributed by atoms with E-state index in [0.29, 0.717) is 17.1 Å². The van der Waals surface area contributed by atoms with Gasteiger partial charge in [0.15, 0.2) is 5.13 Å². The summed E-state index contributed by atoms with van der Waals surface area (Å²) in [6.45, 7) is 7.51. The van der Waals surface area contributed by atoms with Crippen LogP contribution in [-0.2, 0) is 0 Å². The van der Waals surface area contributed by atoms with E-state index in [0.717, 1.165) is 39.8 Å². The summed E-state index contributed by atoms with van der Waals surface area (Å²) >= 11 is 2.71. The number of carbonyl (C=O) groups excluding carboxylic acids is 1. The second-order valence-corrected chi connectivity index (χ2v) is 8.41. The maximum Gasteiger partial charge on any atom is 0.273 e. The molecule has 26 heavy (non-hydrogen) atoms. The van der Waals surface area contributed by atoms with Crippen LogP contribution in [0.2, 0.25) is 0 Å². The maximum atomic E-state index is 13.1. The summed E-state index contributed by atoms with van der Waals surface area (Å²) < 4.78 is 5.02. The highest BCUT2D eigenvalue weighted by Gasteiger charge is 2.25. The first kappa shape index (κ1) is 18.9. The first-order valence-electron chi connectivity index (χ1n) is 8.50. The SMILES string of the molecule is Cc1ccc2sc(N(CCCN(C)C)C(=O)c3snnc3C)nc2c1C. The Bertz CT molecular complexity index is 931. The monoisotopic (exact) mass is 389 g/mol. The van der Waals surface area contributed by atoms with Gasteiger partial charge < -0.3 is 4.90 Å². The third-order valence-electron chi connectivity index (χ3n) is 4.38. The normalized spacial score (nSPS) is 11.5. The van der Waals surface area contributed by atoms with Crippen molar-refractivity contribution in [2.75, 3.05) is 32.1 Å². The molecule has 0 bridgehead atoms. The lowest BCUT2D eigenvalue weighted by molar-refractivity contribution is 0.0989. The van der Waals surface area contributed by atoms with E-state index in [1.807, 2.05) is 21.0 Å². The largest absolute Gasteiger partial charge is 0.309 e. The zero-order valence-corrected chi connectivity index (χ0v) is 17.4. The van der Waals surface area contributed by atoms with Crippen LogP contribution in [0.15, 0.2) is 12.1 Å². The summed E-state index contributed by atoms with van der Waals surface area (Å²) in [5.41, 5.74) is 4.03. The van der Waals surface area contributed by atoms with Crippen LogP contribution in [0.4, 0.5) is 5.13 Å². The molecule has 8 heteroatoms. The number of anilines is 1. The third-order valence-corrected chi connectivity index (χ3v) is 6.24. The molecule has 0 unspecified atom stereocenters. The number of nitrogens with zero attached hydrogens (tertiary/aromatic N) is 5. The molecule has 0 saturated heterocycles. The Kier molecular flexibility index (Phi) is 5.64. The molecule has 2 heterocycles. The van der Waals surface area contributed by atoms with E-state index in [1.165, 1.54) is 11.1 Å². The van der Waals surface area contributed by atoms with Gasteiger partial charge in [-0.2, -0.15) is 0 Å². The number of hydrogen-bond donors (Lipinski definition) is 0. The summed E-state index contributed by atoms with van der Waals surface area (Å²) in [5, 5.41) is 4.73. The molecule has 0 aliphatic carbocycles.